The Labute approximate surface area is 218 Å². The molecule has 0 bridgehead atoms. The molecule has 182 valence electrons. The number of halogens is 1. The molecule has 0 amide bonds. The molecule has 2 aromatic carbocycles. The zero-order chi connectivity index (χ0) is 25.0. The quantitative estimate of drug-likeness (QED) is 0.260. The van der Waals surface area contributed by atoms with Crippen molar-refractivity contribution in [3.05, 3.63) is 92.9 Å². The van der Waals surface area contributed by atoms with Gasteiger partial charge in [0.2, 0.25) is 10.0 Å². The molecule has 0 fully saturated rings. The Balaban J connectivity index is 1.66. The summed E-state index contributed by atoms with van der Waals surface area (Å²) in [5.41, 5.74) is 5.15. The minimum absolute atomic E-state index is 0.0248. The van der Waals surface area contributed by atoms with Crippen LogP contribution < -0.4 is 4.72 Å². The predicted molar refractivity (Wildman–Crippen MR) is 144 cm³/mol. The van der Waals surface area contributed by atoms with E-state index in [1.54, 1.807) is 30.5 Å². The first-order chi connectivity index (χ1) is 16.8. The molecule has 0 atom stereocenters. The van der Waals surface area contributed by atoms with E-state index in [4.69, 9.17) is 0 Å². The van der Waals surface area contributed by atoms with Crippen molar-refractivity contribution in [3.8, 4) is 0 Å². The maximum Gasteiger partial charge on any atom is 0.305 e. The van der Waals surface area contributed by atoms with Crippen LogP contribution in [-0.2, 0) is 34.2 Å². The van der Waals surface area contributed by atoms with Crippen molar-refractivity contribution in [2.75, 3.05) is 6.54 Å². The second kappa shape index (κ2) is 10.9. The second-order valence-electron chi connectivity index (χ2n) is 8.31. The topological polar surface area (TPSA) is 101 Å². The Morgan fingerprint density at radius 1 is 1.11 bits per heavy atom. The van der Waals surface area contributed by atoms with Crippen LogP contribution in [0.5, 0.6) is 0 Å². The molecule has 2 N–H and O–H groups in total. The number of aliphatic carboxylic acids is 1. The van der Waals surface area contributed by atoms with Gasteiger partial charge in [0.25, 0.3) is 0 Å². The van der Waals surface area contributed by atoms with Gasteiger partial charge in [-0.2, -0.15) is 0 Å². The lowest BCUT2D eigenvalue weighted by molar-refractivity contribution is -0.137. The lowest BCUT2D eigenvalue weighted by Crippen LogP contribution is -2.26. The highest BCUT2D eigenvalue weighted by molar-refractivity contribution is 14.1. The number of nitrogens with zero attached hydrogens (tertiary/aromatic N) is 2. The van der Waals surface area contributed by atoms with Crippen LogP contribution in [0, 0.1) is 10.5 Å². The molecular weight excluding hydrogens is 577 g/mol. The van der Waals surface area contributed by atoms with E-state index in [0.717, 1.165) is 36.9 Å². The van der Waals surface area contributed by atoms with E-state index < -0.39 is 16.0 Å². The van der Waals surface area contributed by atoms with Gasteiger partial charge in [-0.05, 0) is 89.0 Å². The van der Waals surface area contributed by atoms with E-state index >= 15 is 0 Å². The number of sulfonamides is 1. The minimum Gasteiger partial charge on any atom is -0.481 e. The molecule has 4 aromatic rings. The van der Waals surface area contributed by atoms with Crippen LogP contribution in [-0.4, -0.2) is 35.6 Å². The maximum atomic E-state index is 12.7. The van der Waals surface area contributed by atoms with Gasteiger partial charge in [-0.3, -0.25) is 9.78 Å². The Bertz CT molecular complexity index is 1450. The van der Waals surface area contributed by atoms with Gasteiger partial charge >= 0.3 is 5.97 Å². The summed E-state index contributed by atoms with van der Waals surface area (Å²) in [7, 11) is -3.61. The van der Waals surface area contributed by atoms with Crippen LogP contribution in [0.15, 0.2) is 71.9 Å². The first-order valence-corrected chi connectivity index (χ1v) is 13.8. The number of aromatic nitrogens is 2. The monoisotopic (exact) mass is 603 g/mol. The zero-order valence-corrected chi connectivity index (χ0v) is 22.2. The molecule has 4 rings (SSSR count). The molecule has 0 saturated heterocycles. The number of nitrogens with one attached hydrogen (secondary N) is 1. The van der Waals surface area contributed by atoms with E-state index in [0.29, 0.717) is 19.4 Å². The molecule has 7 nitrogen and oxygen atoms in total. The number of fused-ring (bicyclic) bond motifs is 1. The van der Waals surface area contributed by atoms with Crippen molar-refractivity contribution in [3.63, 3.8) is 0 Å². The normalized spacial score (nSPS) is 11.7. The molecule has 0 aliphatic carbocycles. The van der Waals surface area contributed by atoms with Gasteiger partial charge in [0.15, 0.2) is 0 Å². The van der Waals surface area contributed by atoms with E-state index in [1.165, 1.54) is 0 Å². The smallest absolute Gasteiger partial charge is 0.305 e. The number of carboxylic acid groups (broad SMARTS) is 1. The van der Waals surface area contributed by atoms with Crippen LogP contribution in [0.25, 0.3) is 10.9 Å². The summed E-state index contributed by atoms with van der Waals surface area (Å²) in [4.78, 5) is 15.7. The minimum atomic E-state index is -3.61. The summed E-state index contributed by atoms with van der Waals surface area (Å²) in [6, 6.07) is 16.6. The molecule has 0 saturated carbocycles. The predicted octanol–water partition coefficient (Wildman–Crippen LogP) is 4.54. The Hall–Kier alpha value is -2.76. The third kappa shape index (κ3) is 5.91. The number of carbonyl (C=O) groups is 1. The third-order valence-electron chi connectivity index (χ3n) is 6.03. The van der Waals surface area contributed by atoms with E-state index in [2.05, 4.69) is 36.9 Å². The Kier molecular flexibility index (Phi) is 7.88. The summed E-state index contributed by atoms with van der Waals surface area (Å²) in [5.74, 6) is -0.846. The fourth-order valence-corrected chi connectivity index (χ4v) is 5.72. The fraction of sp³-hybridized carbons (Fsp3) is 0.231. The number of hydrogen-bond acceptors (Lipinski definition) is 4. The lowest BCUT2D eigenvalue weighted by Gasteiger charge is -2.10. The zero-order valence-electron chi connectivity index (χ0n) is 19.2. The summed E-state index contributed by atoms with van der Waals surface area (Å²) < 4.78 is 31.2. The number of rotatable bonds is 10. The summed E-state index contributed by atoms with van der Waals surface area (Å²) in [6.45, 7) is 2.63. The highest BCUT2D eigenvalue weighted by Crippen LogP contribution is 2.31. The number of pyridine rings is 1. The molecule has 0 radical (unpaired) electrons. The van der Waals surface area contributed by atoms with Crippen molar-refractivity contribution in [2.45, 2.75) is 37.6 Å². The molecule has 2 heterocycles. The van der Waals surface area contributed by atoms with Gasteiger partial charge < -0.3 is 9.67 Å². The Morgan fingerprint density at radius 3 is 2.57 bits per heavy atom. The van der Waals surface area contributed by atoms with E-state index in [9.17, 15) is 18.3 Å². The van der Waals surface area contributed by atoms with E-state index in [1.807, 2.05) is 43.5 Å². The van der Waals surface area contributed by atoms with E-state index in [-0.39, 0.29) is 17.9 Å². The van der Waals surface area contributed by atoms with Crippen molar-refractivity contribution in [2.24, 2.45) is 0 Å². The van der Waals surface area contributed by atoms with Gasteiger partial charge in [0.05, 0.1) is 11.3 Å². The number of aryl methyl sites for hydroxylation is 1. The molecule has 0 unspecified atom stereocenters. The van der Waals surface area contributed by atoms with Crippen LogP contribution in [0.4, 0.5) is 0 Å². The van der Waals surface area contributed by atoms with Crippen LogP contribution in [0.1, 0.15) is 28.8 Å². The van der Waals surface area contributed by atoms with Crippen LogP contribution in [0.2, 0.25) is 0 Å². The van der Waals surface area contributed by atoms with Crippen LogP contribution >= 0.6 is 22.6 Å². The SMILES string of the molecule is Cc1c(Cc2cccnc2)c2c(CCNS(=O)(=O)c3ccc(I)cc3)cccc2n1CCC(=O)O. The van der Waals surface area contributed by atoms with Gasteiger partial charge in [-0.25, -0.2) is 13.1 Å². The molecular formula is C26H26IN3O4S. The molecule has 9 heteroatoms. The number of carboxylic acids is 1. The molecule has 0 spiro atoms. The second-order valence-corrected chi connectivity index (χ2v) is 11.3. The van der Waals surface area contributed by atoms with Gasteiger partial charge in [-0.15, -0.1) is 0 Å². The average molecular weight is 603 g/mol. The standard InChI is InChI=1S/C26H26IN3O4S/c1-18-23(16-19-4-3-13-28-17-19)26-20(5-2-6-24(26)30(18)15-12-25(31)32)11-14-29-35(33,34)22-9-7-21(27)8-10-22/h2-10,13,17,29H,11-12,14-16H2,1H3,(H,31,32). The third-order valence-corrected chi connectivity index (χ3v) is 8.22. The maximum absolute atomic E-state index is 12.7. The molecule has 0 aliphatic rings. The summed E-state index contributed by atoms with van der Waals surface area (Å²) >= 11 is 2.14. The van der Waals surface area contributed by atoms with Crippen molar-refractivity contribution in [1.29, 1.82) is 0 Å². The fourth-order valence-electron chi connectivity index (χ4n) is 4.33. The van der Waals surface area contributed by atoms with Gasteiger partial charge in [0, 0.05) is 52.1 Å². The average Bonchev–Trinajstić information content (AvgIpc) is 3.10. The van der Waals surface area contributed by atoms with Crippen LogP contribution in [0.3, 0.4) is 0 Å². The highest BCUT2D eigenvalue weighted by Gasteiger charge is 2.19. The Morgan fingerprint density at radius 2 is 1.89 bits per heavy atom. The summed E-state index contributed by atoms with van der Waals surface area (Å²) in [6.07, 6.45) is 4.75. The summed E-state index contributed by atoms with van der Waals surface area (Å²) in [5, 5.41) is 10.3. The lowest BCUT2D eigenvalue weighted by atomic mass is 9.98. The molecule has 35 heavy (non-hydrogen) atoms. The highest BCUT2D eigenvalue weighted by atomic mass is 127. The van der Waals surface area contributed by atoms with Crippen molar-refractivity contribution in [1.82, 2.24) is 14.3 Å². The first-order valence-electron chi connectivity index (χ1n) is 11.2. The largest absolute Gasteiger partial charge is 0.481 e. The van der Waals surface area contributed by atoms with Gasteiger partial charge in [-0.1, -0.05) is 18.2 Å². The first kappa shape index (κ1) is 25.3. The van der Waals surface area contributed by atoms with Crippen molar-refractivity contribution >= 4 is 49.5 Å². The number of hydrogen-bond donors (Lipinski definition) is 2. The van der Waals surface area contributed by atoms with Crippen molar-refractivity contribution < 1.29 is 18.3 Å². The number of benzene rings is 2. The molecule has 0 aliphatic heterocycles. The van der Waals surface area contributed by atoms with Gasteiger partial charge in [0.1, 0.15) is 0 Å². The molecule has 2 aromatic heterocycles.